The van der Waals surface area contributed by atoms with Crippen LogP contribution in [0.15, 0.2) is 18.2 Å². The van der Waals surface area contributed by atoms with E-state index in [2.05, 4.69) is 10.6 Å². The summed E-state index contributed by atoms with van der Waals surface area (Å²) in [5.74, 6) is -1.26. The second-order valence-corrected chi connectivity index (χ2v) is 5.36. The number of carbonyl (C=O) groups is 1. The van der Waals surface area contributed by atoms with Gasteiger partial charge >= 0.3 is 6.03 Å². The van der Waals surface area contributed by atoms with Gasteiger partial charge in [0.25, 0.3) is 0 Å². The zero-order valence-electron chi connectivity index (χ0n) is 11.8. The van der Waals surface area contributed by atoms with Crippen molar-refractivity contribution >= 4 is 6.03 Å². The molecular weight excluding hydrogens is 266 g/mol. The van der Waals surface area contributed by atoms with Crippen LogP contribution >= 0.6 is 0 Å². The van der Waals surface area contributed by atoms with Crippen molar-refractivity contribution in [3.05, 3.63) is 35.4 Å². The molecule has 1 aromatic carbocycles. The largest absolute Gasteiger partial charge is 0.383 e. The summed E-state index contributed by atoms with van der Waals surface area (Å²) in [5.41, 5.74) is -1.68. The zero-order chi connectivity index (χ0) is 15.3. The van der Waals surface area contributed by atoms with Crippen LogP contribution < -0.4 is 10.6 Å². The first-order valence-corrected chi connectivity index (χ1v) is 6.42. The molecule has 0 bridgehead atoms. The molecule has 0 heterocycles. The molecule has 0 aliphatic rings. The number of carbonyl (C=O) groups excluding carboxylic acids is 1. The second kappa shape index (κ2) is 6.65. The van der Waals surface area contributed by atoms with E-state index in [1.165, 1.54) is 13.0 Å². The van der Waals surface area contributed by atoms with Gasteiger partial charge < -0.3 is 15.7 Å². The standard InChI is InChI=1S/C14H20F2N2O2/c1-9(2)7-17-13(19)18-8-14(3,20)11-5-4-10(15)6-12(11)16/h4-6,9,20H,7-8H2,1-3H3,(H2,17,18,19). The molecule has 112 valence electrons. The summed E-state index contributed by atoms with van der Waals surface area (Å²) in [5, 5.41) is 15.3. The fourth-order valence-electron chi connectivity index (χ4n) is 1.63. The van der Waals surface area contributed by atoms with Gasteiger partial charge in [-0.3, -0.25) is 0 Å². The number of rotatable bonds is 5. The lowest BCUT2D eigenvalue weighted by molar-refractivity contribution is 0.0555. The normalized spacial score (nSPS) is 13.9. The topological polar surface area (TPSA) is 61.4 Å². The van der Waals surface area contributed by atoms with E-state index in [4.69, 9.17) is 0 Å². The summed E-state index contributed by atoms with van der Waals surface area (Å²) in [7, 11) is 0. The molecule has 1 aromatic rings. The van der Waals surface area contributed by atoms with Crippen LogP contribution in [0.25, 0.3) is 0 Å². The molecule has 0 spiro atoms. The Hall–Kier alpha value is -1.69. The second-order valence-electron chi connectivity index (χ2n) is 5.36. The highest BCUT2D eigenvalue weighted by Gasteiger charge is 2.27. The average Bonchev–Trinajstić information content (AvgIpc) is 2.33. The monoisotopic (exact) mass is 286 g/mol. The van der Waals surface area contributed by atoms with Crippen molar-refractivity contribution in [3.63, 3.8) is 0 Å². The lowest BCUT2D eigenvalue weighted by atomic mass is 9.95. The van der Waals surface area contributed by atoms with E-state index in [0.29, 0.717) is 18.5 Å². The van der Waals surface area contributed by atoms with Gasteiger partial charge in [0.2, 0.25) is 0 Å². The van der Waals surface area contributed by atoms with Crippen LogP contribution in [-0.4, -0.2) is 24.2 Å². The minimum Gasteiger partial charge on any atom is -0.383 e. The molecule has 20 heavy (non-hydrogen) atoms. The average molecular weight is 286 g/mol. The zero-order valence-corrected chi connectivity index (χ0v) is 11.8. The number of nitrogens with one attached hydrogen (secondary N) is 2. The first-order valence-electron chi connectivity index (χ1n) is 6.42. The third-order valence-corrected chi connectivity index (χ3v) is 2.78. The number of hydrogen-bond donors (Lipinski definition) is 3. The number of halogens is 2. The summed E-state index contributed by atoms with van der Waals surface area (Å²) in [4.78, 5) is 11.5. The molecule has 1 rings (SSSR count). The van der Waals surface area contributed by atoms with E-state index < -0.39 is 23.3 Å². The van der Waals surface area contributed by atoms with Crippen molar-refractivity contribution < 1.29 is 18.7 Å². The third-order valence-electron chi connectivity index (χ3n) is 2.78. The summed E-state index contributed by atoms with van der Waals surface area (Å²) < 4.78 is 26.4. The number of benzene rings is 1. The molecule has 4 nitrogen and oxygen atoms in total. The van der Waals surface area contributed by atoms with Gasteiger partial charge in [0, 0.05) is 18.2 Å². The minimum absolute atomic E-state index is 0.0666. The van der Waals surface area contributed by atoms with E-state index in [-0.39, 0.29) is 12.1 Å². The smallest absolute Gasteiger partial charge is 0.314 e. The van der Waals surface area contributed by atoms with Gasteiger partial charge in [-0.05, 0) is 18.9 Å². The van der Waals surface area contributed by atoms with Crippen molar-refractivity contribution in [2.75, 3.05) is 13.1 Å². The molecule has 0 radical (unpaired) electrons. The summed E-state index contributed by atoms with van der Waals surface area (Å²) in [6.45, 7) is 5.57. The van der Waals surface area contributed by atoms with E-state index in [0.717, 1.165) is 6.07 Å². The van der Waals surface area contributed by atoms with E-state index in [1.807, 2.05) is 13.8 Å². The Morgan fingerprint density at radius 2 is 2.00 bits per heavy atom. The number of urea groups is 1. The molecule has 0 aliphatic heterocycles. The van der Waals surface area contributed by atoms with Crippen LogP contribution in [0.2, 0.25) is 0 Å². The number of aliphatic hydroxyl groups is 1. The Morgan fingerprint density at radius 3 is 2.55 bits per heavy atom. The molecular formula is C14H20F2N2O2. The van der Waals surface area contributed by atoms with Crippen LogP contribution in [0.4, 0.5) is 13.6 Å². The molecule has 1 atom stereocenters. The maximum atomic E-state index is 13.6. The number of amides is 2. The van der Waals surface area contributed by atoms with E-state index >= 15 is 0 Å². The summed E-state index contributed by atoms with van der Waals surface area (Å²) in [6, 6.07) is 2.48. The Balaban J connectivity index is 2.63. The van der Waals surface area contributed by atoms with Gasteiger partial charge in [-0.15, -0.1) is 0 Å². The minimum atomic E-state index is -1.62. The van der Waals surface area contributed by atoms with Crippen LogP contribution in [0, 0.1) is 17.6 Å². The third kappa shape index (κ3) is 4.77. The fourth-order valence-corrected chi connectivity index (χ4v) is 1.63. The first-order chi connectivity index (χ1) is 9.22. The maximum Gasteiger partial charge on any atom is 0.314 e. The maximum absolute atomic E-state index is 13.6. The van der Waals surface area contributed by atoms with Crippen LogP contribution in [-0.2, 0) is 5.60 Å². The van der Waals surface area contributed by atoms with Gasteiger partial charge in [-0.2, -0.15) is 0 Å². The van der Waals surface area contributed by atoms with Crippen LogP contribution in [0.1, 0.15) is 26.3 Å². The molecule has 0 saturated carbocycles. The van der Waals surface area contributed by atoms with Gasteiger partial charge in [0.15, 0.2) is 0 Å². The van der Waals surface area contributed by atoms with Gasteiger partial charge in [-0.1, -0.05) is 19.9 Å². The van der Waals surface area contributed by atoms with Crippen LogP contribution in [0.3, 0.4) is 0 Å². The SMILES string of the molecule is CC(C)CNC(=O)NCC(C)(O)c1ccc(F)cc1F. The molecule has 6 heteroatoms. The fraction of sp³-hybridized carbons (Fsp3) is 0.500. The van der Waals surface area contributed by atoms with Crippen molar-refractivity contribution in [2.45, 2.75) is 26.4 Å². The summed E-state index contributed by atoms with van der Waals surface area (Å²) >= 11 is 0. The van der Waals surface area contributed by atoms with E-state index in [9.17, 15) is 18.7 Å². The van der Waals surface area contributed by atoms with Gasteiger partial charge in [0.05, 0.1) is 6.54 Å². The van der Waals surface area contributed by atoms with Crippen molar-refractivity contribution in [3.8, 4) is 0 Å². The van der Waals surface area contributed by atoms with E-state index in [1.54, 1.807) is 0 Å². The van der Waals surface area contributed by atoms with Crippen LogP contribution in [0.5, 0.6) is 0 Å². The molecule has 0 saturated heterocycles. The Bertz CT molecular complexity index is 476. The molecule has 0 aliphatic carbocycles. The molecule has 0 fully saturated rings. The van der Waals surface area contributed by atoms with Crippen molar-refractivity contribution in [1.29, 1.82) is 0 Å². The molecule has 1 unspecified atom stereocenters. The predicted molar refractivity (Wildman–Crippen MR) is 72.2 cm³/mol. The lowest BCUT2D eigenvalue weighted by Crippen LogP contribution is -2.44. The molecule has 3 N–H and O–H groups in total. The molecule has 0 aromatic heterocycles. The lowest BCUT2D eigenvalue weighted by Gasteiger charge is -2.25. The Labute approximate surface area is 117 Å². The van der Waals surface area contributed by atoms with Crippen molar-refractivity contribution in [2.24, 2.45) is 5.92 Å². The van der Waals surface area contributed by atoms with Gasteiger partial charge in [0.1, 0.15) is 17.2 Å². The van der Waals surface area contributed by atoms with Gasteiger partial charge in [-0.25, -0.2) is 13.6 Å². The number of hydrogen-bond acceptors (Lipinski definition) is 2. The quantitative estimate of drug-likeness (QED) is 0.776. The highest BCUT2D eigenvalue weighted by atomic mass is 19.1. The predicted octanol–water partition coefficient (Wildman–Crippen LogP) is 2.13. The van der Waals surface area contributed by atoms with Crippen molar-refractivity contribution in [1.82, 2.24) is 10.6 Å². The Morgan fingerprint density at radius 1 is 1.35 bits per heavy atom. The summed E-state index contributed by atoms with van der Waals surface area (Å²) in [6.07, 6.45) is 0. The first kappa shape index (κ1) is 16.4. The Kier molecular flexibility index (Phi) is 5.44. The highest BCUT2D eigenvalue weighted by molar-refractivity contribution is 5.73. The highest BCUT2D eigenvalue weighted by Crippen LogP contribution is 2.23. The molecule has 2 amide bonds.